The van der Waals surface area contributed by atoms with Crippen molar-refractivity contribution in [2.75, 3.05) is 14.2 Å². The highest BCUT2D eigenvalue weighted by molar-refractivity contribution is 7.17. The minimum Gasteiger partial charge on any atom is -0.497 e. The van der Waals surface area contributed by atoms with Crippen LogP contribution in [-0.2, 0) is 6.61 Å². The molecule has 0 aliphatic carbocycles. The Bertz CT molecular complexity index is 1700. The Hall–Kier alpha value is -4.69. The number of ether oxygens (including phenoxy) is 3. The smallest absolute Gasteiger partial charge is 0.227 e. The first-order chi connectivity index (χ1) is 18.7. The molecule has 0 unspecified atom stereocenters. The second kappa shape index (κ2) is 10.4. The summed E-state index contributed by atoms with van der Waals surface area (Å²) >= 11 is 1.57. The third-order valence-electron chi connectivity index (χ3n) is 6.11. The molecule has 7 nitrogen and oxygen atoms in total. The van der Waals surface area contributed by atoms with Gasteiger partial charge in [0.05, 0.1) is 19.6 Å². The third-order valence-corrected chi connectivity index (χ3v) is 6.98. The number of fused-ring (bicyclic) bond motifs is 1. The highest BCUT2D eigenvalue weighted by atomic mass is 32.1. The van der Waals surface area contributed by atoms with E-state index in [-0.39, 0.29) is 6.61 Å². The Morgan fingerprint density at radius 3 is 2.29 bits per heavy atom. The molecule has 0 saturated carbocycles. The third kappa shape index (κ3) is 4.57. The number of rotatable bonds is 8. The standard InChI is InChI=1S/C30H23N3O4S/c1-34-21-13-14-23(26(16-21)35-2)25-15-22(37-33-25)17-36-29-27-24(19-9-5-3-6-10-19)18-38-30(27)32-28(31-29)20-11-7-4-8-12-20/h3-16,18H,17H2,1-2H3. The Morgan fingerprint density at radius 1 is 0.789 bits per heavy atom. The van der Waals surface area contributed by atoms with Gasteiger partial charge in [-0.15, -0.1) is 11.3 Å². The van der Waals surface area contributed by atoms with Gasteiger partial charge in [-0.2, -0.15) is 4.98 Å². The molecule has 8 heteroatoms. The van der Waals surface area contributed by atoms with E-state index in [1.165, 1.54) is 0 Å². The van der Waals surface area contributed by atoms with Crippen LogP contribution in [0.1, 0.15) is 5.76 Å². The molecule has 0 aliphatic heterocycles. The lowest BCUT2D eigenvalue weighted by Gasteiger charge is -2.09. The van der Waals surface area contributed by atoms with E-state index in [4.69, 9.17) is 28.7 Å². The number of thiophene rings is 1. The fraction of sp³-hybridized carbons (Fsp3) is 0.100. The monoisotopic (exact) mass is 521 g/mol. The molecule has 3 heterocycles. The maximum Gasteiger partial charge on any atom is 0.227 e. The average Bonchev–Trinajstić information content (AvgIpc) is 3.64. The van der Waals surface area contributed by atoms with Crippen LogP contribution in [0.25, 0.3) is 44.0 Å². The first kappa shape index (κ1) is 23.7. The van der Waals surface area contributed by atoms with Gasteiger partial charge in [0, 0.05) is 34.2 Å². The van der Waals surface area contributed by atoms with Crippen LogP contribution in [0, 0.1) is 0 Å². The molecule has 3 aromatic carbocycles. The lowest BCUT2D eigenvalue weighted by molar-refractivity contribution is 0.244. The molecule has 0 radical (unpaired) electrons. The maximum atomic E-state index is 6.30. The number of aromatic nitrogens is 3. The molecule has 6 aromatic rings. The highest BCUT2D eigenvalue weighted by Gasteiger charge is 2.19. The molecule has 0 N–H and O–H groups in total. The molecule has 188 valence electrons. The first-order valence-corrected chi connectivity index (χ1v) is 12.8. The van der Waals surface area contributed by atoms with E-state index in [1.54, 1.807) is 25.6 Å². The minimum atomic E-state index is 0.149. The highest BCUT2D eigenvalue weighted by Crippen LogP contribution is 2.40. The largest absolute Gasteiger partial charge is 0.497 e. The zero-order valence-electron chi connectivity index (χ0n) is 20.8. The molecular formula is C30H23N3O4S. The fourth-order valence-corrected chi connectivity index (χ4v) is 5.16. The molecule has 38 heavy (non-hydrogen) atoms. The maximum absolute atomic E-state index is 6.30. The lowest BCUT2D eigenvalue weighted by Crippen LogP contribution is -2.00. The summed E-state index contributed by atoms with van der Waals surface area (Å²) in [5, 5.41) is 7.21. The summed E-state index contributed by atoms with van der Waals surface area (Å²) in [6.45, 7) is 0.149. The quantitative estimate of drug-likeness (QED) is 0.208. The van der Waals surface area contributed by atoms with E-state index in [0.29, 0.717) is 34.7 Å². The number of hydrogen-bond donors (Lipinski definition) is 0. The molecule has 0 atom stereocenters. The van der Waals surface area contributed by atoms with Crippen LogP contribution in [0.5, 0.6) is 17.4 Å². The lowest BCUT2D eigenvalue weighted by atomic mass is 10.1. The van der Waals surface area contributed by atoms with Crippen molar-refractivity contribution in [2.45, 2.75) is 6.61 Å². The summed E-state index contributed by atoms with van der Waals surface area (Å²) in [5.41, 5.74) is 4.46. The van der Waals surface area contributed by atoms with E-state index in [9.17, 15) is 0 Å². The van der Waals surface area contributed by atoms with Gasteiger partial charge in [-0.3, -0.25) is 0 Å². The average molecular weight is 522 g/mol. The second-order valence-electron chi connectivity index (χ2n) is 8.45. The van der Waals surface area contributed by atoms with E-state index < -0.39 is 0 Å². The van der Waals surface area contributed by atoms with E-state index in [1.807, 2.05) is 72.8 Å². The topological polar surface area (TPSA) is 79.5 Å². The van der Waals surface area contributed by atoms with Gasteiger partial charge in [-0.1, -0.05) is 65.8 Å². The van der Waals surface area contributed by atoms with Gasteiger partial charge in [-0.05, 0) is 17.7 Å². The van der Waals surface area contributed by atoms with Gasteiger partial charge in [0.15, 0.2) is 18.2 Å². The van der Waals surface area contributed by atoms with Crippen molar-refractivity contribution < 1.29 is 18.7 Å². The fourth-order valence-electron chi connectivity index (χ4n) is 4.22. The van der Waals surface area contributed by atoms with Crippen LogP contribution in [0.15, 0.2) is 94.8 Å². The zero-order chi connectivity index (χ0) is 25.9. The Kier molecular flexibility index (Phi) is 6.46. The molecule has 0 fully saturated rings. The van der Waals surface area contributed by atoms with E-state index in [2.05, 4.69) is 22.7 Å². The van der Waals surface area contributed by atoms with Crippen molar-refractivity contribution in [3.05, 3.63) is 96.1 Å². The molecule has 0 saturated heterocycles. The van der Waals surface area contributed by atoms with Crippen molar-refractivity contribution in [2.24, 2.45) is 0 Å². The summed E-state index contributed by atoms with van der Waals surface area (Å²) in [7, 11) is 3.22. The first-order valence-electron chi connectivity index (χ1n) is 11.9. The van der Waals surface area contributed by atoms with Gasteiger partial charge >= 0.3 is 0 Å². The minimum absolute atomic E-state index is 0.149. The predicted molar refractivity (Wildman–Crippen MR) is 148 cm³/mol. The van der Waals surface area contributed by atoms with Crippen LogP contribution < -0.4 is 14.2 Å². The van der Waals surface area contributed by atoms with Crippen LogP contribution in [0.2, 0.25) is 0 Å². The molecule has 0 amide bonds. The van der Waals surface area contributed by atoms with Crippen LogP contribution in [-0.4, -0.2) is 29.3 Å². The predicted octanol–water partition coefficient (Wildman–Crippen LogP) is 7.28. The Balaban J connectivity index is 1.36. The van der Waals surface area contributed by atoms with Crippen molar-refractivity contribution in [3.8, 4) is 51.2 Å². The Morgan fingerprint density at radius 2 is 1.55 bits per heavy atom. The van der Waals surface area contributed by atoms with Gasteiger partial charge in [0.25, 0.3) is 0 Å². The SMILES string of the molecule is COc1ccc(-c2cc(COc3nc(-c4ccccc4)nc4scc(-c5ccccc5)c34)on2)c(OC)c1. The van der Waals surface area contributed by atoms with Gasteiger partial charge < -0.3 is 18.7 Å². The molecule has 0 aliphatic rings. The van der Waals surface area contributed by atoms with E-state index in [0.717, 1.165) is 32.5 Å². The number of hydrogen-bond acceptors (Lipinski definition) is 8. The molecular weight excluding hydrogens is 498 g/mol. The Labute approximate surface area is 223 Å². The van der Waals surface area contributed by atoms with Crippen LogP contribution in [0.4, 0.5) is 0 Å². The van der Waals surface area contributed by atoms with Crippen LogP contribution >= 0.6 is 11.3 Å². The summed E-state index contributed by atoms with van der Waals surface area (Å²) in [4.78, 5) is 10.5. The summed E-state index contributed by atoms with van der Waals surface area (Å²) in [6, 6.07) is 27.4. The van der Waals surface area contributed by atoms with Gasteiger partial charge in [0.2, 0.25) is 5.88 Å². The summed E-state index contributed by atoms with van der Waals surface area (Å²) in [5.74, 6) is 3.00. The molecule has 0 bridgehead atoms. The van der Waals surface area contributed by atoms with Gasteiger partial charge in [0.1, 0.15) is 22.0 Å². The number of nitrogens with zero attached hydrogens (tertiary/aromatic N) is 3. The number of benzene rings is 3. The van der Waals surface area contributed by atoms with E-state index >= 15 is 0 Å². The van der Waals surface area contributed by atoms with Crippen molar-refractivity contribution in [1.82, 2.24) is 15.1 Å². The van der Waals surface area contributed by atoms with Crippen LogP contribution in [0.3, 0.4) is 0 Å². The normalized spacial score (nSPS) is 11.0. The molecule has 3 aromatic heterocycles. The van der Waals surface area contributed by atoms with Crippen molar-refractivity contribution in [1.29, 1.82) is 0 Å². The summed E-state index contributed by atoms with van der Waals surface area (Å²) < 4.78 is 22.7. The zero-order valence-corrected chi connectivity index (χ0v) is 21.6. The van der Waals surface area contributed by atoms with Crippen molar-refractivity contribution in [3.63, 3.8) is 0 Å². The summed E-state index contributed by atoms with van der Waals surface area (Å²) in [6.07, 6.45) is 0. The number of methoxy groups -OCH3 is 2. The molecule has 6 rings (SSSR count). The second-order valence-corrected chi connectivity index (χ2v) is 9.31. The van der Waals surface area contributed by atoms with Gasteiger partial charge in [-0.25, -0.2) is 4.98 Å². The van der Waals surface area contributed by atoms with Crippen molar-refractivity contribution >= 4 is 21.6 Å². The molecule has 0 spiro atoms.